The van der Waals surface area contributed by atoms with E-state index < -0.39 is 12.7 Å². The molecule has 0 saturated carbocycles. The maximum absolute atomic E-state index is 11.9. The molecule has 1 N–H and O–H groups in total. The van der Waals surface area contributed by atoms with Crippen LogP contribution in [0.1, 0.15) is 5.56 Å². The van der Waals surface area contributed by atoms with E-state index in [1.807, 2.05) is 0 Å². The van der Waals surface area contributed by atoms with Crippen molar-refractivity contribution in [1.29, 1.82) is 0 Å². The lowest BCUT2D eigenvalue weighted by molar-refractivity contribution is -0.115. The van der Waals surface area contributed by atoms with Gasteiger partial charge in [0.1, 0.15) is 12.3 Å². The summed E-state index contributed by atoms with van der Waals surface area (Å²) < 4.78 is 41.0. The van der Waals surface area contributed by atoms with Crippen molar-refractivity contribution >= 4 is 5.69 Å². The van der Waals surface area contributed by atoms with Gasteiger partial charge >= 0.3 is 6.18 Å². The summed E-state index contributed by atoms with van der Waals surface area (Å²) in [7, 11) is 0. The van der Waals surface area contributed by atoms with Gasteiger partial charge in [0, 0.05) is 12.1 Å². The van der Waals surface area contributed by atoms with E-state index in [2.05, 4.69) is 5.32 Å². The molecule has 0 aromatic heterocycles. The Morgan fingerprint density at radius 1 is 1.33 bits per heavy atom. The minimum absolute atomic E-state index is 0.483. The van der Waals surface area contributed by atoms with Crippen LogP contribution in [0.15, 0.2) is 18.2 Å². The lowest BCUT2D eigenvalue weighted by Crippen LogP contribution is -2.21. The number of halogens is 3. The highest BCUT2D eigenvalue weighted by molar-refractivity contribution is 5.52. The Kier molecular flexibility index (Phi) is 2.46. The quantitative estimate of drug-likeness (QED) is 0.822. The normalized spacial score (nSPS) is 14.6. The smallest absolute Gasteiger partial charge is 0.405 e. The first-order valence-corrected chi connectivity index (χ1v) is 4.61. The van der Waals surface area contributed by atoms with E-state index >= 15 is 0 Å². The highest BCUT2D eigenvalue weighted by Crippen LogP contribution is 2.28. The van der Waals surface area contributed by atoms with Crippen LogP contribution in [0.4, 0.5) is 18.9 Å². The summed E-state index contributed by atoms with van der Waals surface area (Å²) in [6.07, 6.45) is -3.42. The minimum atomic E-state index is -4.19. The zero-order valence-corrected chi connectivity index (χ0v) is 7.90. The maximum Gasteiger partial charge on any atom is 0.405 e. The topological polar surface area (TPSA) is 21.3 Å². The molecule has 0 bridgehead atoms. The summed E-state index contributed by atoms with van der Waals surface area (Å²) >= 11 is 0. The van der Waals surface area contributed by atoms with Crippen molar-refractivity contribution in [3.05, 3.63) is 23.8 Å². The standard InChI is InChI=1S/C10H10F3NO/c11-10(12,13)6-14-8-1-2-9-7(5-8)3-4-15-9/h1-2,5,14H,3-4,6H2. The molecule has 2 rings (SSSR count). The second kappa shape index (κ2) is 3.64. The number of hydrogen-bond donors (Lipinski definition) is 1. The van der Waals surface area contributed by atoms with E-state index in [4.69, 9.17) is 4.74 Å². The van der Waals surface area contributed by atoms with E-state index in [0.29, 0.717) is 12.3 Å². The summed E-state index contributed by atoms with van der Waals surface area (Å²) in [5, 5.41) is 2.33. The van der Waals surface area contributed by atoms with Gasteiger partial charge in [0.2, 0.25) is 0 Å². The number of nitrogens with one attached hydrogen (secondary N) is 1. The molecule has 82 valence electrons. The molecule has 0 radical (unpaired) electrons. The highest BCUT2D eigenvalue weighted by atomic mass is 19.4. The lowest BCUT2D eigenvalue weighted by Gasteiger charge is -2.10. The fourth-order valence-corrected chi connectivity index (χ4v) is 1.50. The van der Waals surface area contributed by atoms with Crippen LogP contribution in [0.5, 0.6) is 5.75 Å². The van der Waals surface area contributed by atoms with Crippen LogP contribution < -0.4 is 10.1 Å². The molecule has 1 heterocycles. The van der Waals surface area contributed by atoms with E-state index in [-0.39, 0.29) is 0 Å². The highest BCUT2D eigenvalue weighted by Gasteiger charge is 2.26. The zero-order chi connectivity index (χ0) is 10.9. The molecule has 1 aliphatic heterocycles. The van der Waals surface area contributed by atoms with Crippen LogP contribution in [0, 0.1) is 0 Å². The molecule has 0 aliphatic carbocycles. The van der Waals surface area contributed by atoms with Gasteiger partial charge in [-0.05, 0) is 23.8 Å². The summed E-state index contributed by atoms with van der Waals surface area (Å²) in [6.45, 7) is -0.398. The molecule has 0 unspecified atom stereocenters. The summed E-state index contributed by atoms with van der Waals surface area (Å²) in [5.74, 6) is 0.771. The number of rotatable bonds is 2. The first-order chi connectivity index (χ1) is 7.04. The van der Waals surface area contributed by atoms with Crippen LogP contribution in [0.2, 0.25) is 0 Å². The second-order valence-electron chi connectivity index (χ2n) is 3.39. The number of alkyl halides is 3. The molecule has 2 nitrogen and oxygen atoms in total. The fourth-order valence-electron chi connectivity index (χ4n) is 1.50. The Labute approximate surface area is 85.0 Å². The van der Waals surface area contributed by atoms with Gasteiger partial charge in [-0.3, -0.25) is 0 Å². The fraction of sp³-hybridized carbons (Fsp3) is 0.400. The van der Waals surface area contributed by atoms with Crippen molar-refractivity contribution in [1.82, 2.24) is 0 Å². The Bertz CT molecular complexity index is 362. The molecule has 5 heteroatoms. The number of hydrogen-bond acceptors (Lipinski definition) is 2. The molecule has 0 atom stereocenters. The van der Waals surface area contributed by atoms with Gasteiger partial charge in [0.05, 0.1) is 6.61 Å². The number of ether oxygens (including phenoxy) is 1. The molecular weight excluding hydrogens is 207 g/mol. The zero-order valence-electron chi connectivity index (χ0n) is 7.90. The van der Waals surface area contributed by atoms with Gasteiger partial charge in [-0.1, -0.05) is 0 Å². The molecule has 0 saturated heterocycles. The molecule has 1 aromatic carbocycles. The summed E-state index contributed by atoms with van der Waals surface area (Å²) in [4.78, 5) is 0. The van der Waals surface area contributed by atoms with Crippen molar-refractivity contribution < 1.29 is 17.9 Å². The Balaban J connectivity index is 2.04. The van der Waals surface area contributed by atoms with Crippen LogP contribution in [0.3, 0.4) is 0 Å². The summed E-state index contributed by atoms with van der Waals surface area (Å²) in [6, 6.07) is 4.99. The first-order valence-electron chi connectivity index (χ1n) is 4.61. The van der Waals surface area contributed by atoms with Crippen LogP contribution in [-0.2, 0) is 6.42 Å². The van der Waals surface area contributed by atoms with E-state index in [0.717, 1.165) is 17.7 Å². The second-order valence-corrected chi connectivity index (χ2v) is 3.39. The third kappa shape index (κ3) is 2.55. The molecule has 1 aliphatic rings. The van der Waals surface area contributed by atoms with Crippen molar-refractivity contribution in [3.63, 3.8) is 0 Å². The third-order valence-electron chi connectivity index (χ3n) is 2.18. The molecular formula is C10H10F3NO. The molecule has 0 fully saturated rings. The number of anilines is 1. The summed E-state index contributed by atoms with van der Waals surface area (Å²) in [5.41, 5.74) is 1.44. The van der Waals surface area contributed by atoms with Gasteiger partial charge in [0.15, 0.2) is 0 Å². The largest absolute Gasteiger partial charge is 0.493 e. The Morgan fingerprint density at radius 2 is 2.13 bits per heavy atom. The van der Waals surface area contributed by atoms with Gasteiger partial charge in [-0.25, -0.2) is 0 Å². The van der Waals surface area contributed by atoms with E-state index in [1.165, 1.54) is 0 Å². The predicted octanol–water partition coefficient (Wildman–Crippen LogP) is 2.60. The van der Waals surface area contributed by atoms with Crippen LogP contribution in [0.25, 0.3) is 0 Å². The van der Waals surface area contributed by atoms with Gasteiger partial charge in [-0.2, -0.15) is 13.2 Å². The van der Waals surface area contributed by atoms with Gasteiger partial charge < -0.3 is 10.1 Å². The third-order valence-corrected chi connectivity index (χ3v) is 2.18. The predicted molar refractivity (Wildman–Crippen MR) is 50.2 cm³/mol. The Morgan fingerprint density at radius 3 is 2.87 bits per heavy atom. The average molecular weight is 217 g/mol. The molecule has 15 heavy (non-hydrogen) atoms. The van der Waals surface area contributed by atoms with Crippen molar-refractivity contribution in [3.8, 4) is 5.75 Å². The maximum atomic E-state index is 11.9. The van der Waals surface area contributed by atoms with E-state index in [9.17, 15) is 13.2 Å². The Hall–Kier alpha value is -1.39. The minimum Gasteiger partial charge on any atom is -0.493 e. The number of fused-ring (bicyclic) bond motifs is 1. The lowest BCUT2D eigenvalue weighted by atomic mass is 10.1. The molecule has 0 spiro atoms. The SMILES string of the molecule is FC(F)(F)CNc1ccc2c(c1)CCO2. The monoisotopic (exact) mass is 217 g/mol. The van der Waals surface area contributed by atoms with Crippen LogP contribution >= 0.6 is 0 Å². The van der Waals surface area contributed by atoms with E-state index in [1.54, 1.807) is 18.2 Å². The first kappa shape index (κ1) is 10.1. The van der Waals surface area contributed by atoms with Crippen molar-refractivity contribution in [2.45, 2.75) is 12.6 Å². The van der Waals surface area contributed by atoms with Crippen molar-refractivity contribution in [2.24, 2.45) is 0 Å². The van der Waals surface area contributed by atoms with Gasteiger partial charge in [-0.15, -0.1) is 0 Å². The average Bonchev–Trinajstić information content (AvgIpc) is 2.60. The molecule has 1 aromatic rings. The molecule has 0 amide bonds. The van der Waals surface area contributed by atoms with Gasteiger partial charge in [0.25, 0.3) is 0 Å². The van der Waals surface area contributed by atoms with Crippen LogP contribution in [-0.4, -0.2) is 19.3 Å². The number of benzene rings is 1. The van der Waals surface area contributed by atoms with Crippen molar-refractivity contribution in [2.75, 3.05) is 18.5 Å².